The van der Waals surface area contributed by atoms with Gasteiger partial charge in [0.2, 0.25) is 0 Å². The summed E-state index contributed by atoms with van der Waals surface area (Å²) in [6.07, 6.45) is -0.132. The van der Waals surface area contributed by atoms with Crippen molar-refractivity contribution >= 4 is 0 Å². The van der Waals surface area contributed by atoms with Gasteiger partial charge in [-0.05, 0) is 17.7 Å². The number of benzene rings is 1. The van der Waals surface area contributed by atoms with Crippen LogP contribution in [0.3, 0.4) is 0 Å². The summed E-state index contributed by atoms with van der Waals surface area (Å²) in [5, 5.41) is 0. The Kier molecular flexibility index (Phi) is 1.80. The molecule has 14 heavy (non-hydrogen) atoms. The molecule has 3 nitrogen and oxygen atoms in total. The minimum absolute atomic E-state index is 0.0329. The van der Waals surface area contributed by atoms with Crippen LogP contribution in [0.15, 0.2) is 24.3 Å². The van der Waals surface area contributed by atoms with E-state index in [2.05, 4.69) is 0 Å². The van der Waals surface area contributed by atoms with E-state index in [4.69, 9.17) is 14.5 Å². The standard InChI is InChI=1S/C10H9FO3/c11-7-3-1-2-6(4-7)9-10-8(13-10)5-12-14-9/h1-4,8-10H,5H2/t8-,9+,10-/m0/s1. The molecule has 2 aliphatic rings. The Bertz CT molecular complexity index is 355. The summed E-state index contributed by atoms with van der Waals surface area (Å²) in [4.78, 5) is 9.96. The van der Waals surface area contributed by atoms with E-state index in [1.807, 2.05) is 0 Å². The second-order valence-electron chi connectivity index (χ2n) is 3.50. The normalized spacial score (nSPS) is 35.1. The Morgan fingerprint density at radius 1 is 1.36 bits per heavy atom. The Hall–Kier alpha value is -0.970. The summed E-state index contributed by atoms with van der Waals surface area (Å²) >= 11 is 0. The highest BCUT2D eigenvalue weighted by molar-refractivity contribution is 5.22. The summed E-state index contributed by atoms with van der Waals surface area (Å²) in [6, 6.07) is 6.30. The molecule has 2 saturated heterocycles. The molecule has 0 N–H and O–H groups in total. The maximum Gasteiger partial charge on any atom is 0.147 e. The van der Waals surface area contributed by atoms with Crippen molar-refractivity contribution in [3.05, 3.63) is 35.6 Å². The van der Waals surface area contributed by atoms with E-state index in [1.165, 1.54) is 12.1 Å². The molecule has 2 heterocycles. The molecule has 0 unspecified atom stereocenters. The number of fused-ring (bicyclic) bond motifs is 1. The maximum absolute atomic E-state index is 12.9. The number of rotatable bonds is 1. The van der Waals surface area contributed by atoms with Crippen LogP contribution >= 0.6 is 0 Å². The minimum Gasteiger partial charge on any atom is -0.364 e. The molecule has 0 amide bonds. The van der Waals surface area contributed by atoms with Crippen LogP contribution in [-0.4, -0.2) is 18.8 Å². The fourth-order valence-electron chi connectivity index (χ4n) is 1.72. The fraction of sp³-hybridized carbons (Fsp3) is 0.400. The first-order valence-electron chi connectivity index (χ1n) is 4.54. The zero-order valence-corrected chi connectivity index (χ0v) is 7.35. The van der Waals surface area contributed by atoms with Gasteiger partial charge in [0.1, 0.15) is 30.7 Å². The van der Waals surface area contributed by atoms with Gasteiger partial charge in [0.25, 0.3) is 0 Å². The smallest absolute Gasteiger partial charge is 0.147 e. The van der Waals surface area contributed by atoms with Crippen molar-refractivity contribution in [2.24, 2.45) is 0 Å². The molecule has 3 atom stereocenters. The van der Waals surface area contributed by atoms with E-state index >= 15 is 0 Å². The first-order chi connectivity index (χ1) is 6.84. The van der Waals surface area contributed by atoms with E-state index in [9.17, 15) is 4.39 Å². The molecule has 2 aliphatic heterocycles. The summed E-state index contributed by atoms with van der Waals surface area (Å²) < 4.78 is 18.2. The lowest BCUT2D eigenvalue weighted by Gasteiger charge is -2.18. The van der Waals surface area contributed by atoms with Crippen molar-refractivity contribution < 1.29 is 18.9 Å². The van der Waals surface area contributed by atoms with Gasteiger partial charge in [-0.1, -0.05) is 12.1 Å². The van der Waals surface area contributed by atoms with Crippen LogP contribution < -0.4 is 0 Å². The number of halogens is 1. The molecule has 2 fully saturated rings. The van der Waals surface area contributed by atoms with Gasteiger partial charge in [-0.15, -0.1) is 0 Å². The Labute approximate surface area is 80.3 Å². The minimum atomic E-state index is -0.288. The van der Waals surface area contributed by atoms with Crippen molar-refractivity contribution in [2.75, 3.05) is 6.61 Å². The fourth-order valence-corrected chi connectivity index (χ4v) is 1.72. The topological polar surface area (TPSA) is 31.0 Å². The zero-order valence-electron chi connectivity index (χ0n) is 7.35. The van der Waals surface area contributed by atoms with Crippen molar-refractivity contribution in [2.45, 2.75) is 18.3 Å². The molecule has 0 aliphatic carbocycles. The lowest BCUT2D eigenvalue weighted by molar-refractivity contribution is -0.339. The average Bonchev–Trinajstić information content (AvgIpc) is 2.95. The van der Waals surface area contributed by atoms with Crippen LogP contribution in [0.25, 0.3) is 0 Å². The molecule has 0 spiro atoms. The second-order valence-corrected chi connectivity index (χ2v) is 3.50. The largest absolute Gasteiger partial charge is 0.364 e. The SMILES string of the molecule is Fc1cccc([C@H]2OOC[C@@H]3O[C@@H]32)c1. The van der Waals surface area contributed by atoms with Crippen LogP contribution in [0.4, 0.5) is 4.39 Å². The van der Waals surface area contributed by atoms with Crippen LogP contribution in [0, 0.1) is 5.82 Å². The molecular weight excluding hydrogens is 187 g/mol. The van der Waals surface area contributed by atoms with Gasteiger partial charge in [-0.25, -0.2) is 14.2 Å². The highest BCUT2D eigenvalue weighted by atomic mass is 19.1. The first kappa shape index (κ1) is 8.35. The molecule has 1 aromatic carbocycles. The highest BCUT2D eigenvalue weighted by Gasteiger charge is 2.50. The van der Waals surface area contributed by atoms with Gasteiger partial charge in [0.15, 0.2) is 0 Å². The van der Waals surface area contributed by atoms with Crippen molar-refractivity contribution in [1.82, 2.24) is 0 Å². The molecule has 74 valence electrons. The highest BCUT2D eigenvalue weighted by Crippen LogP contribution is 2.40. The molecule has 0 aromatic heterocycles. The Morgan fingerprint density at radius 3 is 3.14 bits per heavy atom. The van der Waals surface area contributed by atoms with Crippen molar-refractivity contribution in [1.29, 1.82) is 0 Å². The van der Waals surface area contributed by atoms with E-state index in [0.29, 0.717) is 6.61 Å². The average molecular weight is 196 g/mol. The van der Waals surface area contributed by atoms with Gasteiger partial charge < -0.3 is 4.74 Å². The second kappa shape index (κ2) is 3.02. The lowest BCUT2D eigenvalue weighted by Crippen LogP contribution is -2.22. The van der Waals surface area contributed by atoms with Crippen molar-refractivity contribution in [3.8, 4) is 0 Å². The van der Waals surface area contributed by atoms with Gasteiger partial charge in [0.05, 0.1) is 0 Å². The quantitative estimate of drug-likeness (QED) is 0.505. The number of hydrogen-bond donors (Lipinski definition) is 0. The molecule has 0 saturated carbocycles. The van der Waals surface area contributed by atoms with Crippen molar-refractivity contribution in [3.63, 3.8) is 0 Å². The predicted molar refractivity (Wildman–Crippen MR) is 44.8 cm³/mol. The van der Waals surface area contributed by atoms with Gasteiger partial charge in [-0.3, -0.25) is 0 Å². The Balaban J connectivity index is 1.87. The van der Waals surface area contributed by atoms with Gasteiger partial charge >= 0.3 is 0 Å². The zero-order chi connectivity index (χ0) is 9.54. The maximum atomic E-state index is 12.9. The van der Waals surface area contributed by atoms with E-state index in [0.717, 1.165) is 5.56 Å². The third-order valence-electron chi connectivity index (χ3n) is 2.50. The molecule has 0 bridgehead atoms. The molecular formula is C10H9FO3. The third kappa shape index (κ3) is 1.32. The third-order valence-corrected chi connectivity index (χ3v) is 2.50. The molecule has 1 aromatic rings. The first-order valence-corrected chi connectivity index (χ1v) is 4.54. The van der Waals surface area contributed by atoms with Crippen LogP contribution in [0.5, 0.6) is 0 Å². The van der Waals surface area contributed by atoms with Crippen LogP contribution in [0.1, 0.15) is 11.7 Å². The van der Waals surface area contributed by atoms with Crippen LogP contribution in [0.2, 0.25) is 0 Å². The molecule has 4 heteroatoms. The number of epoxide rings is 1. The summed E-state index contributed by atoms with van der Waals surface area (Å²) in [7, 11) is 0. The van der Waals surface area contributed by atoms with Gasteiger partial charge in [-0.2, -0.15) is 0 Å². The monoisotopic (exact) mass is 196 g/mol. The predicted octanol–water partition coefficient (Wildman–Crippen LogP) is 1.60. The Morgan fingerprint density at radius 2 is 2.29 bits per heavy atom. The summed E-state index contributed by atoms with van der Waals surface area (Å²) in [5.74, 6) is -0.270. The van der Waals surface area contributed by atoms with E-state index in [1.54, 1.807) is 12.1 Å². The molecule has 0 radical (unpaired) electrons. The van der Waals surface area contributed by atoms with Gasteiger partial charge in [0, 0.05) is 0 Å². The van der Waals surface area contributed by atoms with E-state index < -0.39 is 0 Å². The van der Waals surface area contributed by atoms with Crippen LogP contribution in [-0.2, 0) is 14.5 Å². The molecule has 3 rings (SSSR count). The summed E-state index contributed by atoms with van der Waals surface area (Å²) in [6.45, 7) is 0.469. The number of hydrogen-bond acceptors (Lipinski definition) is 3. The summed E-state index contributed by atoms with van der Waals surface area (Å²) in [5.41, 5.74) is 0.761. The van der Waals surface area contributed by atoms with E-state index in [-0.39, 0.29) is 24.1 Å². The lowest BCUT2D eigenvalue weighted by atomic mass is 10.0. The number of ether oxygens (including phenoxy) is 1.